The number of carbonyl (C=O) groups is 1. The lowest BCUT2D eigenvalue weighted by Gasteiger charge is -2.28. The molecule has 0 saturated carbocycles. The second-order valence-electron chi connectivity index (χ2n) is 5.42. The van der Waals surface area contributed by atoms with Gasteiger partial charge in [0.1, 0.15) is 6.10 Å². The van der Waals surface area contributed by atoms with Gasteiger partial charge in [0.15, 0.2) is 0 Å². The van der Waals surface area contributed by atoms with E-state index < -0.39 is 12.0 Å². The molecule has 2 N–H and O–H groups in total. The molecule has 1 aromatic carbocycles. The Morgan fingerprint density at radius 1 is 1.35 bits per heavy atom. The van der Waals surface area contributed by atoms with Crippen LogP contribution in [0.15, 0.2) is 24.3 Å². The van der Waals surface area contributed by atoms with Gasteiger partial charge in [-0.15, -0.1) is 0 Å². The van der Waals surface area contributed by atoms with Crippen LogP contribution in [0, 0.1) is 0 Å². The normalized spacial score (nSPS) is 16.6. The number of nitrogens with two attached hydrogens (primary N) is 1. The molecule has 1 unspecified atom stereocenters. The van der Waals surface area contributed by atoms with Gasteiger partial charge in [-0.2, -0.15) is 0 Å². The maximum atomic E-state index is 10.8. The number of primary amides is 1. The van der Waals surface area contributed by atoms with Crippen molar-refractivity contribution in [1.29, 1.82) is 0 Å². The number of ether oxygens (including phenoxy) is 1. The number of unbranched alkanes of at least 4 members (excludes halogenated alkanes) is 1. The molecule has 0 aliphatic carbocycles. The highest BCUT2D eigenvalue weighted by Gasteiger charge is 2.15. The second kappa shape index (κ2) is 7.41. The molecule has 0 bridgehead atoms. The van der Waals surface area contributed by atoms with Gasteiger partial charge in [-0.05, 0) is 43.9 Å². The molecule has 1 amide bonds. The van der Waals surface area contributed by atoms with Crippen LogP contribution >= 0.6 is 0 Å². The summed E-state index contributed by atoms with van der Waals surface area (Å²) >= 11 is 0. The van der Waals surface area contributed by atoms with Gasteiger partial charge in [-0.1, -0.05) is 24.3 Å². The van der Waals surface area contributed by atoms with Crippen molar-refractivity contribution in [3.8, 4) is 0 Å². The van der Waals surface area contributed by atoms with Gasteiger partial charge in [-0.25, -0.2) is 0 Å². The minimum atomic E-state index is -0.475. The van der Waals surface area contributed by atoms with E-state index in [1.54, 1.807) is 6.92 Å². The summed E-state index contributed by atoms with van der Waals surface area (Å²) in [5.41, 5.74) is 8.08. The molecule has 110 valence electrons. The molecule has 1 aliphatic heterocycles. The Labute approximate surface area is 120 Å². The standard InChI is InChI=1S/C16H24N2O2/c1-13(16(17)19)20-11-5-4-9-18-10-8-14-6-2-3-7-15(14)12-18/h2-3,6-7,13H,4-5,8-12H2,1H3,(H2,17,19). The zero-order valence-corrected chi connectivity index (χ0v) is 12.2. The third kappa shape index (κ3) is 4.32. The van der Waals surface area contributed by atoms with Gasteiger partial charge < -0.3 is 10.5 Å². The Bertz CT molecular complexity index is 448. The van der Waals surface area contributed by atoms with Crippen LogP contribution in [0.25, 0.3) is 0 Å². The predicted octanol–water partition coefficient (Wildman–Crippen LogP) is 1.72. The van der Waals surface area contributed by atoms with Crippen LogP contribution in [0.2, 0.25) is 0 Å². The first-order valence-corrected chi connectivity index (χ1v) is 7.37. The molecule has 20 heavy (non-hydrogen) atoms. The first kappa shape index (κ1) is 15.0. The van der Waals surface area contributed by atoms with Crippen molar-refractivity contribution in [3.05, 3.63) is 35.4 Å². The summed E-state index contributed by atoms with van der Waals surface area (Å²) in [6.07, 6.45) is 2.73. The highest BCUT2D eigenvalue weighted by atomic mass is 16.5. The quantitative estimate of drug-likeness (QED) is 0.771. The third-order valence-electron chi connectivity index (χ3n) is 3.85. The van der Waals surface area contributed by atoms with E-state index in [-0.39, 0.29) is 0 Å². The summed E-state index contributed by atoms with van der Waals surface area (Å²) in [5, 5.41) is 0. The van der Waals surface area contributed by atoms with Crippen molar-refractivity contribution in [1.82, 2.24) is 4.90 Å². The summed E-state index contributed by atoms with van der Waals surface area (Å²) in [5.74, 6) is -0.391. The largest absolute Gasteiger partial charge is 0.369 e. The van der Waals surface area contributed by atoms with Crippen LogP contribution in [0.1, 0.15) is 30.9 Å². The summed E-state index contributed by atoms with van der Waals surface area (Å²) < 4.78 is 5.36. The molecule has 1 aliphatic rings. The van der Waals surface area contributed by atoms with E-state index in [0.717, 1.165) is 38.9 Å². The van der Waals surface area contributed by atoms with E-state index in [1.165, 1.54) is 11.1 Å². The molecule has 4 heteroatoms. The topological polar surface area (TPSA) is 55.6 Å². The fourth-order valence-electron chi connectivity index (χ4n) is 2.52. The van der Waals surface area contributed by atoms with E-state index >= 15 is 0 Å². The molecular weight excluding hydrogens is 252 g/mol. The summed E-state index contributed by atoms with van der Waals surface area (Å²) in [4.78, 5) is 13.3. The Balaban J connectivity index is 1.63. The molecule has 1 aromatic rings. The van der Waals surface area contributed by atoms with E-state index in [2.05, 4.69) is 29.2 Å². The van der Waals surface area contributed by atoms with Crippen molar-refractivity contribution in [3.63, 3.8) is 0 Å². The van der Waals surface area contributed by atoms with Gasteiger partial charge in [0.2, 0.25) is 5.91 Å². The number of hydrogen-bond donors (Lipinski definition) is 1. The third-order valence-corrected chi connectivity index (χ3v) is 3.85. The summed E-state index contributed by atoms with van der Waals surface area (Å²) in [6.45, 7) is 5.57. The smallest absolute Gasteiger partial charge is 0.246 e. The van der Waals surface area contributed by atoms with Gasteiger partial charge in [0, 0.05) is 19.7 Å². The molecule has 0 radical (unpaired) electrons. The predicted molar refractivity (Wildman–Crippen MR) is 79.3 cm³/mol. The summed E-state index contributed by atoms with van der Waals surface area (Å²) in [6, 6.07) is 8.68. The van der Waals surface area contributed by atoms with Crippen molar-refractivity contribution in [2.75, 3.05) is 19.7 Å². The Morgan fingerprint density at radius 3 is 2.85 bits per heavy atom. The van der Waals surface area contributed by atoms with E-state index in [1.807, 2.05) is 0 Å². The lowest BCUT2D eigenvalue weighted by molar-refractivity contribution is -0.128. The molecule has 0 spiro atoms. The molecule has 0 fully saturated rings. The second-order valence-corrected chi connectivity index (χ2v) is 5.42. The van der Waals surface area contributed by atoms with Crippen molar-refractivity contribution in [2.24, 2.45) is 5.73 Å². The highest BCUT2D eigenvalue weighted by molar-refractivity contribution is 5.78. The van der Waals surface area contributed by atoms with Crippen molar-refractivity contribution < 1.29 is 9.53 Å². The average Bonchev–Trinajstić information content (AvgIpc) is 2.46. The van der Waals surface area contributed by atoms with E-state index in [0.29, 0.717) is 6.61 Å². The molecule has 4 nitrogen and oxygen atoms in total. The lowest BCUT2D eigenvalue weighted by atomic mass is 10.00. The fraction of sp³-hybridized carbons (Fsp3) is 0.562. The monoisotopic (exact) mass is 276 g/mol. The van der Waals surface area contributed by atoms with Gasteiger partial charge in [0.25, 0.3) is 0 Å². The highest BCUT2D eigenvalue weighted by Crippen LogP contribution is 2.18. The number of amides is 1. The number of hydrogen-bond acceptors (Lipinski definition) is 3. The average molecular weight is 276 g/mol. The van der Waals surface area contributed by atoms with Crippen LogP contribution < -0.4 is 5.73 Å². The molecule has 0 aromatic heterocycles. The Kier molecular flexibility index (Phi) is 5.56. The number of rotatable bonds is 7. The summed E-state index contributed by atoms with van der Waals surface area (Å²) in [7, 11) is 0. The van der Waals surface area contributed by atoms with Crippen molar-refractivity contribution >= 4 is 5.91 Å². The zero-order valence-electron chi connectivity index (χ0n) is 12.2. The van der Waals surface area contributed by atoms with Crippen LogP contribution in [-0.4, -0.2) is 36.6 Å². The van der Waals surface area contributed by atoms with Crippen molar-refractivity contribution in [2.45, 2.75) is 38.8 Å². The van der Waals surface area contributed by atoms with E-state index in [9.17, 15) is 4.79 Å². The molecule has 1 heterocycles. The SMILES string of the molecule is CC(OCCCCN1CCc2ccccc2C1)C(N)=O. The number of carbonyl (C=O) groups excluding carboxylic acids is 1. The van der Waals surface area contributed by atoms with Crippen LogP contribution in [0.5, 0.6) is 0 Å². The van der Waals surface area contributed by atoms with Crippen LogP contribution in [0.4, 0.5) is 0 Å². The molecule has 2 rings (SSSR count). The van der Waals surface area contributed by atoms with Gasteiger partial charge >= 0.3 is 0 Å². The minimum Gasteiger partial charge on any atom is -0.369 e. The Morgan fingerprint density at radius 2 is 2.10 bits per heavy atom. The maximum absolute atomic E-state index is 10.8. The van der Waals surface area contributed by atoms with Gasteiger partial charge in [-0.3, -0.25) is 9.69 Å². The lowest BCUT2D eigenvalue weighted by Crippen LogP contribution is -2.31. The zero-order chi connectivity index (χ0) is 14.4. The maximum Gasteiger partial charge on any atom is 0.246 e. The fourth-order valence-corrected chi connectivity index (χ4v) is 2.52. The minimum absolute atomic E-state index is 0.391. The number of benzene rings is 1. The van der Waals surface area contributed by atoms with Gasteiger partial charge in [0.05, 0.1) is 0 Å². The first-order valence-electron chi connectivity index (χ1n) is 7.37. The number of nitrogens with zero attached hydrogens (tertiary/aromatic N) is 1. The first-order chi connectivity index (χ1) is 9.66. The Hall–Kier alpha value is -1.39. The van der Waals surface area contributed by atoms with E-state index in [4.69, 9.17) is 10.5 Å². The number of fused-ring (bicyclic) bond motifs is 1. The molecule has 1 atom stereocenters. The van der Waals surface area contributed by atoms with Crippen LogP contribution in [-0.2, 0) is 22.5 Å². The molecular formula is C16H24N2O2. The van der Waals surface area contributed by atoms with Crippen LogP contribution in [0.3, 0.4) is 0 Å². The molecule has 0 saturated heterocycles.